The fraction of sp³-hybridized carbons (Fsp3) is 0.867. The molecule has 1 unspecified atom stereocenters. The van der Waals surface area contributed by atoms with Crippen molar-refractivity contribution < 1.29 is 55.9 Å². The number of aliphatic hydroxyl groups excluding tert-OH is 1. The predicted octanol–water partition coefficient (Wildman–Crippen LogP) is 0.560. The summed E-state index contributed by atoms with van der Waals surface area (Å²) in [6, 6.07) is 0. The Morgan fingerprint density at radius 2 is 1.24 bits per heavy atom. The number of hydrogen-bond donors (Lipinski definition) is 3. The first-order chi connectivity index (χ1) is 9.41. The number of rotatable bonds is 11. The van der Waals surface area contributed by atoms with Crippen molar-refractivity contribution >= 4 is 11.9 Å². The molecule has 0 aromatic heterocycles. The summed E-state index contributed by atoms with van der Waals surface area (Å²) < 4.78 is 0. The molecule has 0 aromatic carbocycles. The van der Waals surface area contributed by atoms with Crippen LogP contribution in [-0.4, -0.2) is 33.4 Å². The summed E-state index contributed by atoms with van der Waals surface area (Å²) in [5.41, 5.74) is 0. The van der Waals surface area contributed by atoms with Gasteiger partial charge in [-0.3, -0.25) is 4.79 Å². The van der Waals surface area contributed by atoms with Crippen LogP contribution in [0.4, 0.5) is 0 Å². The molecule has 0 aliphatic heterocycles. The minimum absolute atomic E-state index is 0. The maximum atomic E-state index is 10.2. The number of carbonyl (C=O) groups is 2. The Morgan fingerprint density at radius 3 is 1.52 bits per heavy atom. The van der Waals surface area contributed by atoms with Crippen LogP contribution in [0, 0.1) is 0 Å². The minimum atomic E-state index is -1.23. The second kappa shape index (κ2) is 19.9. The summed E-state index contributed by atoms with van der Waals surface area (Å²) in [4.78, 5) is 19.7. The summed E-state index contributed by atoms with van der Waals surface area (Å²) >= 11 is 0. The van der Waals surface area contributed by atoms with Crippen molar-refractivity contribution in [3.63, 3.8) is 0 Å². The monoisotopic (exact) mass is 314 g/mol. The summed E-state index contributed by atoms with van der Waals surface area (Å²) in [6.07, 6.45) is 10.2. The minimum Gasteiger partial charge on any atom is -1.00 e. The van der Waals surface area contributed by atoms with Crippen LogP contribution in [0.1, 0.15) is 79.5 Å². The van der Waals surface area contributed by atoms with E-state index in [1.165, 1.54) is 51.9 Å². The average molecular weight is 314 g/mol. The van der Waals surface area contributed by atoms with Gasteiger partial charge in [0.25, 0.3) is 0 Å². The molecule has 0 saturated carbocycles. The van der Waals surface area contributed by atoms with Gasteiger partial charge in [-0.15, -0.1) is 0 Å². The molecule has 0 saturated heterocycles. The quantitative estimate of drug-likeness (QED) is 0.383. The summed E-state index contributed by atoms with van der Waals surface area (Å²) in [6.45, 7) is 3.42. The van der Waals surface area contributed by atoms with Gasteiger partial charge in [0.15, 0.2) is 0 Å². The Labute approximate surface area is 151 Å². The fourth-order valence-electron chi connectivity index (χ4n) is 1.59. The van der Waals surface area contributed by atoms with Crippen molar-refractivity contribution in [2.75, 3.05) is 0 Å². The zero-order valence-corrected chi connectivity index (χ0v) is 15.8. The molecule has 0 radical (unpaired) electrons. The third-order valence-electron chi connectivity index (χ3n) is 2.85. The first-order valence-corrected chi connectivity index (χ1v) is 7.54. The van der Waals surface area contributed by atoms with Gasteiger partial charge in [0.1, 0.15) is 6.10 Å². The molecule has 21 heavy (non-hydrogen) atoms. The average Bonchev–Trinajstić information content (AvgIpc) is 2.37. The molecular formula is C15H31NaO5. The third-order valence-corrected chi connectivity index (χ3v) is 2.85. The Morgan fingerprint density at radius 1 is 0.905 bits per heavy atom. The van der Waals surface area contributed by atoms with Crippen LogP contribution in [0.25, 0.3) is 0 Å². The van der Waals surface area contributed by atoms with Crippen molar-refractivity contribution in [2.45, 2.75) is 84.2 Å². The molecule has 0 spiro atoms. The van der Waals surface area contributed by atoms with Crippen molar-refractivity contribution in [3.05, 3.63) is 0 Å². The molecule has 0 rings (SSSR count). The topological polar surface area (TPSA) is 94.8 Å². The third kappa shape index (κ3) is 28.7. The maximum Gasteiger partial charge on any atom is 1.00 e. The van der Waals surface area contributed by atoms with Gasteiger partial charge in [0, 0.05) is 6.42 Å². The predicted molar refractivity (Wildman–Crippen MR) is 79.9 cm³/mol. The van der Waals surface area contributed by atoms with Gasteiger partial charge in [-0.1, -0.05) is 58.3 Å². The normalized spacial score (nSPS) is 10.8. The van der Waals surface area contributed by atoms with Gasteiger partial charge in [-0.2, -0.15) is 0 Å². The van der Waals surface area contributed by atoms with Crippen molar-refractivity contribution in [2.24, 2.45) is 0 Å². The Hall–Kier alpha value is -0.100. The number of hydrogen-bond acceptors (Lipinski definition) is 3. The van der Waals surface area contributed by atoms with Crippen molar-refractivity contribution in [3.8, 4) is 0 Å². The van der Waals surface area contributed by atoms with E-state index in [0.29, 0.717) is 6.42 Å². The molecule has 0 heterocycles. The van der Waals surface area contributed by atoms with Gasteiger partial charge >= 0.3 is 41.5 Å². The van der Waals surface area contributed by atoms with Crippen LogP contribution in [0.5, 0.6) is 0 Å². The zero-order valence-electron chi connectivity index (χ0n) is 14.8. The van der Waals surface area contributed by atoms with E-state index in [2.05, 4.69) is 6.92 Å². The Balaban J connectivity index is -0.000000174. The fourth-order valence-corrected chi connectivity index (χ4v) is 1.59. The van der Waals surface area contributed by atoms with E-state index in [4.69, 9.17) is 15.3 Å². The Bertz CT molecular complexity index is 250. The van der Waals surface area contributed by atoms with Gasteiger partial charge < -0.3 is 16.7 Å². The molecule has 1 atom stereocenters. The van der Waals surface area contributed by atoms with E-state index in [0.717, 1.165) is 12.8 Å². The van der Waals surface area contributed by atoms with Crippen LogP contribution in [-0.2, 0) is 9.59 Å². The summed E-state index contributed by atoms with van der Waals surface area (Å²) in [5, 5.41) is 24.2. The smallest absolute Gasteiger partial charge is 1.00 e. The molecular weight excluding hydrogens is 283 g/mol. The van der Waals surface area contributed by atoms with Crippen molar-refractivity contribution in [1.82, 2.24) is 0 Å². The molecule has 0 fully saturated rings. The second-order valence-electron chi connectivity index (χ2n) is 4.99. The summed E-state index contributed by atoms with van der Waals surface area (Å²) in [7, 11) is 0. The van der Waals surface area contributed by atoms with Crippen LogP contribution >= 0.6 is 0 Å². The molecule has 122 valence electrons. The van der Waals surface area contributed by atoms with E-state index in [1.54, 1.807) is 0 Å². The number of carboxylic acid groups (broad SMARTS) is 2. The number of aliphatic carboxylic acids is 2. The molecule has 0 bridgehead atoms. The molecule has 6 heteroatoms. The first-order valence-electron chi connectivity index (χ1n) is 7.54. The largest absolute Gasteiger partial charge is 1.00 e. The first kappa shape index (κ1) is 25.8. The van der Waals surface area contributed by atoms with Gasteiger partial charge in [0.05, 0.1) is 0 Å². The standard InChI is InChI=1S/C12H24O2.C3H6O3.Na.H/c1-2-3-4-5-6-7-8-9-10-11-12(13)14;1-2(4)3(5)6;;/h2-11H2,1H3,(H,13,14);2,4H,1H3,(H,5,6);;/q;;+1;-1. The van der Waals surface area contributed by atoms with E-state index >= 15 is 0 Å². The van der Waals surface area contributed by atoms with Crippen molar-refractivity contribution in [1.29, 1.82) is 0 Å². The van der Waals surface area contributed by atoms with E-state index in [-0.39, 0.29) is 31.0 Å². The summed E-state index contributed by atoms with van der Waals surface area (Å²) in [5.74, 6) is -1.84. The molecule has 0 aliphatic carbocycles. The maximum absolute atomic E-state index is 10.2. The SMILES string of the molecule is CC(O)C(=O)O.CCCCCCCCCCCC(=O)O.[H-].[Na+]. The molecule has 0 amide bonds. The van der Waals surface area contributed by atoms with E-state index in [9.17, 15) is 9.59 Å². The van der Waals surface area contributed by atoms with Crippen LogP contribution in [0.3, 0.4) is 0 Å². The molecule has 5 nitrogen and oxygen atoms in total. The van der Waals surface area contributed by atoms with Gasteiger partial charge in [0.2, 0.25) is 0 Å². The Kier molecular flexibility index (Phi) is 24.5. The molecule has 3 N–H and O–H groups in total. The number of aliphatic hydroxyl groups is 1. The number of unbranched alkanes of at least 4 members (excludes halogenated alkanes) is 8. The zero-order chi connectivity index (χ0) is 15.8. The van der Waals surface area contributed by atoms with E-state index in [1.807, 2.05) is 0 Å². The van der Waals surface area contributed by atoms with Crippen LogP contribution < -0.4 is 29.6 Å². The molecule has 0 aliphatic rings. The van der Waals surface area contributed by atoms with Crippen LogP contribution in [0.15, 0.2) is 0 Å². The second-order valence-corrected chi connectivity index (χ2v) is 4.99. The van der Waals surface area contributed by atoms with Crippen LogP contribution in [0.2, 0.25) is 0 Å². The van der Waals surface area contributed by atoms with E-state index < -0.39 is 18.0 Å². The van der Waals surface area contributed by atoms with Gasteiger partial charge in [-0.25, -0.2) is 4.79 Å². The number of carboxylic acids is 2. The van der Waals surface area contributed by atoms with Gasteiger partial charge in [-0.05, 0) is 13.3 Å². The molecule has 0 aromatic rings.